The molecule has 7 heteroatoms. The van der Waals surface area contributed by atoms with Gasteiger partial charge >= 0.3 is 11.6 Å². The lowest BCUT2D eigenvalue weighted by atomic mass is 9.98. The molecule has 3 aromatic rings. The Morgan fingerprint density at radius 2 is 1.61 bits per heavy atom. The van der Waals surface area contributed by atoms with E-state index < -0.39 is 11.6 Å². The molecule has 28 heavy (non-hydrogen) atoms. The number of nitrogens with zero attached hydrogens (tertiary/aromatic N) is 1. The summed E-state index contributed by atoms with van der Waals surface area (Å²) >= 11 is 0. The molecule has 2 aromatic heterocycles. The third-order valence-electron chi connectivity index (χ3n) is 5.33. The van der Waals surface area contributed by atoms with E-state index in [-0.39, 0.29) is 25.3 Å². The van der Waals surface area contributed by atoms with Gasteiger partial charge in [0.1, 0.15) is 23.5 Å². The van der Waals surface area contributed by atoms with E-state index in [2.05, 4.69) is 0 Å². The first-order valence-electron chi connectivity index (χ1n) is 9.03. The van der Waals surface area contributed by atoms with Gasteiger partial charge in [0, 0.05) is 35.4 Å². The van der Waals surface area contributed by atoms with Gasteiger partial charge in [-0.3, -0.25) is 9.59 Å². The fourth-order valence-corrected chi connectivity index (χ4v) is 3.50. The van der Waals surface area contributed by atoms with Gasteiger partial charge in [0.15, 0.2) is 0 Å². The van der Waals surface area contributed by atoms with Gasteiger partial charge in [0.25, 0.3) is 0 Å². The minimum Gasteiger partial charge on any atom is -0.480 e. The van der Waals surface area contributed by atoms with Crippen LogP contribution in [-0.4, -0.2) is 35.5 Å². The first-order chi connectivity index (χ1) is 13.1. The smallest absolute Gasteiger partial charge is 0.339 e. The van der Waals surface area contributed by atoms with Crippen molar-refractivity contribution >= 4 is 33.8 Å². The summed E-state index contributed by atoms with van der Waals surface area (Å²) in [5.74, 6) is -0.600. The van der Waals surface area contributed by atoms with Crippen molar-refractivity contribution in [3.63, 3.8) is 0 Å². The molecule has 148 valence electrons. The van der Waals surface area contributed by atoms with E-state index in [1.54, 1.807) is 0 Å². The topological polar surface area (TPSA) is 101 Å². The lowest BCUT2D eigenvalue weighted by Crippen LogP contribution is -2.32. The monoisotopic (exact) mass is 385 g/mol. The van der Waals surface area contributed by atoms with Gasteiger partial charge in [-0.25, -0.2) is 4.79 Å². The van der Waals surface area contributed by atoms with Gasteiger partial charge in [-0.2, -0.15) is 0 Å². The highest BCUT2D eigenvalue weighted by Gasteiger charge is 2.20. The average Bonchev–Trinajstić information content (AvgIpc) is 2.90. The second-order valence-corrected chi connectivity index (χ2v) is 7.17. The summed E-state index contributed by atoms with van der Waals surface area (Å²) in [6, 6.07) is 1.96. The Balaban J connectivity index is 2.04. The zero-order valence-electron chi connectivity index (χ0n) is 16.6. The van der Waals surface area contributed by atoms with Crippen LogP contribution in [0.5, 0.6) is 0 Å². The van der Waals surface area contributed by atoms with Gasteiger partial charge in [0.05, 0.1) is 0 Å². The number of carboxylic acid groups (broad SMARTS) is 1. The van der Waals surface area contributed by atoms with Crippen molar-refractivity contribution in [2.75, 3.05) is 13.6 Å². The maximum atomic E-state index is 12.6. The number of hydrogen-bond acceptors (Lipinski definition) is 5. The number of carbonyl (C=O) groups excluding carboxylic acids is 1. The second-order valence-electron chi connectivity index (χ2n) is 7.17. The lowest BCUT2D eigenvalue weighted by molar-refractivity contribution is -0.143. The fraction of sp³-hybridized carbons (Fsp3) is 0.381. The molecule has 3 rings (SSSR count). The first-order valence-corrected chi connectivity index (χ1v) is 9.03. The molecule has 1 N–H and O–H groups in total. The molecule has 1 aromatic carbocycles. The number of aliphatic carboxylic acids is 1. The van der Waals surface area contributed by atoms with Crippen LogP contribution in [0.2, 0.25) is 0 Å². The standard InChI is InChI=1S/C21H23NO6/c1-10-13(4)27-19-12(3)20-16(8-15(10)19)11(2)14(21(26)28-20)6-7-17(23)22(5)9-18(24)25/h8H,6-7,9H2,1-5H3,(H,24,25). The van der Waals surface area contributed by atoms with Gasteiger partial charge < -0.3 is 18.8 Å². The van der Waals surface area contributed by atoms with Crippen LogP contribution in [-0.2, 0) is 16.0 Å². The molecule has 0 atom stereocenters. The quantitative estimate of drug-likeness (QED) is 0.677. The Morgan fingerprint density at radius 1 is 1.00 bits per heavy atom. The highest BCUT2D eigenvalue weighted by atomic mass is 16.4. The molecule has 2 heterocycles. The van der Waals surface area contributed by atoms with Crippen LogP contribution in [0, 0.1) is 27.7 Å². The first kappa shape index (κ1) is 19.7. The molecular weight excluding hydrogens is 362 g/mol. The molecule has 0 aliphatic carbocycles. The van der Waals surface area contributed by atoms with E-state index in [1.807, 2.05) is 33.8 Å². The van der Waals surface area contributed by atoms with E-state index in [1.165, 1.54) is 7.05 Å². The summed E-state index contributed by atoms with van der Waals surface area (Å²) in [6.07, 6.45) is 0.222. The van der Waals surface area contributed by atoms with Gasteiger partial charge in [0.2, 0.25) is 5.91 Å². The Morgan fingerprint density at radius 3 is 2.25 bits per heavy atom. The minimum atomic E-state index is -1.08. The maximum absolute atomic E-state index is 12.6. The van der Waals surface area contributed by atoms with E-state index in [0.29, 0.717) is 16.7 Å². The van der Waals surface area contributed by atoms with Crippen LogP contribution in [0.15, 0.2) is 19.7 Å². The van der Waals surface area contributed by atoms with Crippen molar-refractivity contribution < 1.29 is 23.5 Å². The van der Waals surface area contributed by atoms with Gasteiger partial charge in [-0.05, 0) is 51.3 Å². The molecule has 0 saturated heterocycles. The van der Waals surface area contributed by atoms with E-state index >= 15 is 0 Å². The Bertz CT molecular complexity index is 1170. The summed E-state index contributed by atoms with van der Waals surface area (Å²) in [5, 5.41) is 10.6. The van der Waals surface area contributed by atoms with E-state index in [9.17, 15) is 14.4 Å². The molecule has 0 unspecified atom stereocenters. The average molecular weight is 385 g/mol. The number of aryl methyl sites for hydroxylation is 4. The Labute approximate surface area is 161 Å². The van der Waals surface area contributed by atoms with Crippen LogP contribution in [0.25, 0.3) is 21.9 Å². The lowest BCUT2D eigenvalue weighted by Gasteiger charge is -2.15. The number of carboxylic acids is 1. The summed E-state index contributed by atoms with van der Waals surface area (Å²) in [5.41, 5.74) is 3.72. The summed E-state index contributed by atoms with van der Waals surface area (Å²) in [6.45, 7) is 7.21. The maximum Gasteiger partial charge on any atom is 0.339 e. The number of benzene rings is 1. The van der Waals surface area contributed by atoms with Crippen LogP contribution in [0.4, 0.5) is 0 Å². The van der Waals surface area contributed by atoms with Crippen molar-refractivity contribution in [3.8, 4) is 0 Å². The van der Waals surface area contributed by atoms with E-state index in [4.69, 9.17) is 13.9 Å². The molecule has 0 bridgehead atoms. The van der Waals surface area contributed by atoms with Crippen molar-refractivity contribution in [1.82, 2.24) is 4.90 Å². The molecule has 1 amide bonds. The minimum absolute atomic E-state index is 0.0337. The summed E-state index contributed by atoms with van der Waals surface area (Å²) in [4.78, 5) is 36.6. The van der Waals surface area contributed by atoms with Crippen molar-refractivity contribution in [2.24, 2.45) is 0 Å². The van der Waals surface area contributed by atoms with Crippen molar-refractivity contribution in [2.45, 2.75) is 40.5 Å². The SMILES string of the molecule is Cc1oc2c(C)c3oc(=O)c(CCC(=O)N(C)CC(=O)O)c(C)c3cc2c1C. The summed E-state index contributed by atoms with van der Waals surface area (Å²) in [7, 11) is 1.43. The predicted octanol–water partition coefficient (Wildman–Crippen LogP) is 3.25. The van der Waals surface area contributed by atoms with Gasteiger partial charge in [-0.1, -0.05) is 0 Å². The molecule has 0 radical (unpaired) electrons. The normalized spacial score (nSPS) is 11.3. The molecule has 0 aliphatic heterocycles. The fourth-order valence-electron chi connectivity index (χ4n) is 3.50. The number of rotatable bonds is 5. The second kappa shape index (κ2) is 7.14. The Hall–Kier alpha value is -3.09. The number of hydrogen-bond donors (Lipinski definition) is 1. The largest absolute Gasteiger partial charge is 0.480 e. The molecule has 0 fully saturated rings. The predicted molar refractivity (Wildman–Crippen MR) is 105 cm³/mol. The number of furan rings is 1. The van der Waals surface area contributed by atoms with E-state index in [0.717, 1.165) is 38.1 Å². The molecule has 0 aliphatic rings. The molecule has 0 saturated carbocycles. The zero-order valence-corrected chi connectivity index (χ0v) is 16.6. The highest BCUT2D eigenvalue weighted by molar-refractivity contribution is 6.00. The third-order valence-corrected chi connectivity index (χ3v) is 5.33. The van der Waals surface area contributed by atoms with Crippen molar-refractivity contribution in [3.05, 3.63) is 44.5 Å². The highest BCUT2D eigenvalue weighted by Crippen LogP contribution is 2.34. The third kappa shape index (κ3) is 3.28. The number of likely N-dealkylation sites (N-methyl/N-ethyl adjacent to an activating group) is 1. The van der Waals surface area contributed by atoms with Crippen LogP contribution >= 0.6 is 0 Å². The van der Waals surface area contributed by atoms with Crippen LogP contribution < -0.4 is 5.63 Å². The van der Waals surface area contributed by atoms with Crippen molar-refractivity contribution in [1.29, 1.82) is 0 Å². The molecule has 7 nitrogen and oxygen atoms in total. The number of fused-ring (bicyclic) bond motifs is 2. The van der Waals surface area contributed by atoms with Gasteiger partial charge in [-0.15, -0.1) is 0 Å². The van der Waals surface area contributed by atoms with Crippen LogP contribution in [0.3, 0.4) is 0 Å². The van der Waals surface area contributed by atoms with Crippen LogP contribution in [0.1, 0.15) is 34.4 Å². The number of amides is 1. The Kier molecular flexibility index (Phi) is 5.02. The molecule has 0 spiro atoms. The molecular formula is C21H23NO6. The summed E-state index contributed by atoms with van der Waals surface area (Å²) < 4.78 is 11.4. The zero-order chi connectivity index (χ0) is 20.7. The number of carbonyl (C=O) groups is 2.